The Morgan fingerprint density at radius 3 is 2.17 bits per heavy atom. The van der Waals surface area contributed by atoms with Crippen LogP contribution in [0.25, 0.3) is 0 Å². The van der Waals surface area contributed by atoms with Crippen LogP contribution in [-0.4, -0.2) is 25.0 Å². The van der Waals surface area contributed by atoms with Gasteiger partial charge in [0.2, 0.25) is 0 Å². The van der Waals surface area contributed by atoms with E-state index in [1.807, 2.05) is 0 Å². The second kappa shape index (κ2) is 5.49. The molecule has 2 fully saturated rings. The molecule has 2 aliphatic carbocycles. The van der Waals surface area contributed by atoms with Crippen LogP contribution in [0.3, 0.4) is 0 Å². The van der Waals surface area contributed by atoms with Crippen molar-refractivity contribution in [2.24, 2.45) is 17.6 Å². The smallest absolute Gasteiger partial charge is 0.157 e. The van der Waals surface area contributed by atoms with Gasteiger partial charge < -0.3 is 5.73 Å². The maximum absolute atomic E-state index is 12.8. The third-order valence-electron chi connectivity index (χ3n) is 4.83. The summed E-state index contributed by atoms with van der Waals surface area (Å²) in [5, 5.41) is -0.407. The van der Waals surface area contributed by atoms with E-state index in [9.17, 15) is 8.42 Å². The Morgan fingerprint density at radius 2 is 1.61 bits per heavy atom. The molecule has 2 rings (SSSR count). The predicted molar refractivity (Wildman–Crippen MR) is 75.1 cm³/mol. The highest BCUT2D eigenvalue weighted by atomic mass is 32.2. The zero-order valence-corrected chi connectivity index (χ0v) is 12.5. The van der Waals surface area contributed by atoms with Crippen molar-refractivity contribution in [1.29, 1.82) is 0 Å². The van der Waals surface area contributed by atoms with Crippen molar-refractivity contribution >= 4 is 9.84 Å². The molecule has 4 unspecified atom stereocenters. The molecule has 0 heterocycles. The van der Waals surface area contributed by atoms with E-state index in [1.54, 1.807) is 0 Å². The first-order valence-electron chi connectivity index (χ1n) is 7.41. The maximum Gasteiger partial charge on any atom is 0.157 e. The van der Waals surface area contributed by atoms with Crippen molar-refractivity contribution in [1.82, 2.24) is 0 Å². The molecule has 0 saturated heterocycles. The lowest BCUT2D eigenvalue weighted by Crippen LogP contribution is -2.52. The van der Waals surface area contributed by atoms with Crippen molar-refractivity contribution in [3.05, 3.63) is 0 Å². The summed E-state index contributed by atoms with van der Waals surface area (Å²) < 4.78 is 25.6. The van der Waals surface area contributed by atoms with Gasteiger partial charge in [-0.2, -0.15) is 0 Å². The molecule has 4 heteroatoms. The van der Waals surface area contributed by atoms with E-state index in [0.29, 0.717) is 5.92 Å². The first-order valence-corrected chi connectivity index (χ1v) is 9.02. The zero-order chi connectivity index (χ0) is 13.3. The van der Waals surface area contributed by atoms with Crippen LogP contribution in [0, 0.1) is 11.8 Å². The summed E-state index contributed by atoms with van der Waals surface area (Å²) in [5.41, 5.74) is 6.17. The number of rotatable bonds is 2. The molecule has 0 aromatic carbocycles. The summed E-state index contributed by atoms with van der Waals surface area (Å²) in [6.07, 6.45) is 6.90. The molecule has 0 amide bonds. The minimum absolute atomic E-state index is 0.113. The topological polar surface area (TPSA) is 60.2 Å². The normalized spacial score (nSPS) is 39.7. The highest BCUT2D eigenvalue weighted by Gasteiger charge is 2.44. The SMILES string of the molecule is CC1CC(C)C(S(=O)(=O)C2CCCCC2)C(N)C1. The molecule has 106 valence electrons. The second-order valence-corrected chi connectivity index (χ2v) is 8.92. The first-order chi connectivity index (χ1) is 8.43. The lowest BCUT2D eigenvalue weighted by molar-refractivity contribution is 0.269. The van der Waals surface area contributed by atoms with Gasteiger partial charge >= 0.3 is 0 Å². The van der Waals surface area contributed by atoms with Crippen LogP contribution in [-0.2, 0) is 9.84 Å². The van der Waals surface area contributed by atoms with E-state index in [1.165, 1.54) is 6.42 Å². The molecular weight excluding hydrogens is 246 g/mol. The van der Waals surface area contributed by atoms with Gasteiger partial charge in [0.15, 0.2) is 9.84 Å². The summed E-state index contributed by atoms with van der Waals surface area (Å²) >= 11 is 0. The van der Waals surface area contributed by atoms with Gasteiger partial charge in [-0.3, -0.25) is 0 Å². The third-order valence-corrected chi connectivity index (χ3v) is 7.80. The van der Waals surface area contributed by atoms with Crippen molar-refractivity contribution in [2.45, 2.75) is 75.3 Å². The van der Waals surface area contributed by atoms with Crippen LogP contribution in [0.1, 0.15) is 58.8 Å². The van der Waals surface area contributed by atoms with Crippen LogP contribution >= 0.6 is 0 Å². The van der Waals surface area contributed by atoms with Gasteiger partial charge in [-0.15, -0.1) is 0 Å². The van der Waals surface area contributed by atoms with Gasteiger partial charge in [0.1, 0.15) is 0 Å². The Balaban J connectivity index is 2.17. The van der Waals surface area contributed by atoms with Crippen molar-refractivity contribution < 1.29 is 8.42 Å². The van der Waals surface area contributed by atoms with Gasteiger partial charge in [0.05, 0.1) is 10.5 Å². The van der Waals surface area contributed by atoms with Crippen LogP contribution in [0.4, 0.5) is 0 Å². The minimum Gasteiger partial charge on any atom is -0.327 e. The minimum atomic E-state index is -3.03. The van der Waals surface area contributed by atoms with Crippen LogP contribution in [0.15, 0.2) is 0 Å². The van der Waals surface area contributed by atoms with Gasteiger partial charge in [0.25, 0.3) is 0 Å². The molecule has 4 atom stereocenters. The van der Waals surface area contributed by atoms with Crippen LogP contribution < -0.4 is 5.73 Å². The molecule has 2 aliphatic rings. The summed E-state index contributed by atoms with van der Waals surface area (Å²) in [4.78, 5) is 0. The molecule has 0 aliphatic heterocycles. The fourth-order valence-electron chi connectivity index (χ4n) is 4.07. The van der Waals surface area contributed by atoms with E-state index in [4.69, 9.17) is 5.73 Å². The first kappa shape index (κ1) is 14.3. The monoisotopic (exact) mass is 273 g/mol. The molecule has 0 aromatic heterocycles. The van der Waals surface area contributed by atoms with E-state index in [0.717, 1.165) is 38.5 Å². The van der Waals surface area contributed by atoms with Gasteiger partial charge in [-0.1, -0.05) is 33.1 Å². The summed E-state index contributed by atoms with van der Waals surface area (Å²) in [5.74, 6) is 0.781. The number of hydrogen-bond acceptors (Lipinski definition) is 3. The Hall–Kier alpha value is -0.0900. The van der Waals surface area contributed by atoms with E-state index in [-0.39, 0.29) is 22.5 Å². The summed E-state index contributed by atoms with van der Waals surface area (Å²) in [6, 6.07) is -0.157. The standard InChI is InChI=1S/C14H27NO2S/c1-10-8-11(2)14(13(15)9-10)18(16,17)12-6-4-3-5-7-12/h10-14H,3-9,15H2,1-2H3. The van der Waals surface area contributed by atoms with Crippen molar-refractivity contribution in [3.8, 4) is 0 Å². The average molecular weight is 273 g/mol. The summed E-state index contributed by atoms with van der Waals surface area (Å²) in [7, 11) is -3.03. The molecule has 0 aromatic rings. The van der Waals surface area contributed by atoms with Gasteiger partial charge in [-0.05, 0) is 37.5 Å². The third kappa shape index (κ3) is 2.74. The maximum atomic E-state index is 12.8. The van der Waals surface area contributed by atoms with E-state index >= 15 is 0 Å². The quantitative estimate of drug-likeness (QED) is 0.841. The molecule has 0 spiro atoms. The van der Waals surface area contributed by atoms with Crippen LogP contribution in [0.5, 0.6) is 0 Å². The highest BCUT2D eigenvalue weighted by molar-refractivity contribution is 7.92. The summed E-state index contributed by atoms with van der Waals surface area (Å²) in [6.45, 7) is 4.25. The number of hydrogen-bond donors (Lipinski definition) is 1. The molecule has 2 saturated carbocycles. The molecular formula is C14H27NO2S. The second-order valence-electron chi connectivity index (χ2n) is 6.53. The number of sulfone groups is 1. The van der Waals surface area contributed by atoms with E-state index < -0.39 is 9.84 Å². The van der Waals surface area contributed by atoms with Crippen LogP contribution in [0.2, 0.25) is 0 Å². The number of nitrogens with two attached hydrogens (primary N) is 1. The highest BCUT2D eigenvalue weighted by Crippen LogP contribution is 2.36. The zero-order valence-electron chi connectivity index (χ0n) is 11.6. The van der Waals surface area contributed by atoms with Crippen molar-refractivity contribution in [2.75, 3.05) is 0 Å². The Bertz CT molecular complexity index is 361. The van der Waals surface area contributed by atoms with Gasteiger partial charge in [-0.25, -0.2) is 8.42 Å². The lowest BCUT2D eigenvalue weighted by Gasteiger charge is -2.39. The Morgan fingerprint density at radius 1 is 1.00 bits per heavy atom. The molecule has 18 heavy (non-hydrogen) atoms. The Labute approximate surface area is 111 Å². The van der Waals surface area contributed by atoms with E-state index in [2.05, 4.69) is 13.8 Å². The lowest BCUT2D eigenvalue weighted by atomic mass is 9.80. The predicted octanol–water partition coefficient (Wildman–Crippen LogP) is 2.50. The molecule has 3 nitrogen and oxygen atoms in total. The fraction of sp³-hybridized carbons (Fsp3) is 1.00. The molecule has 2 N–H and O–H groups in total. The molecule has 0 bridgehead atoms. The fourth-order valence-corrected chi connectivity index (χ4v) is 6.86. The largest absolute Gasteiger partial charge is 0.327 e. The average Bonchev–Trinajstić information content (AvgIpc) is 2.28. The molecule has 0 radical (unpaired) electrons. The Kier molecular flexibility index (Phi) is 4.37. The van der Waals surface area contributed by atoms with Crippen molar-refractivity contribution in [3.63, 3.8) is 0 Å². The van der Waals surface area contributed by atoms with Gasteiger partial charge in [0, 0.05) is 6.04 Å².